The van der Waals surface area contributed by atoms with Crippen LogP contribution in [0.2, 0.25) is 0 Å². The molecule has 0 bridgehead atoms. The first-order chi connectivity index (χ1) is 16.1. The fraction of sp³-hybridized carbons (Fsp3) is 0.462. The third-order valence-electron chi connectivity index (χ3n) is 7.45. The Hall–Kier alpha value is -2.74. The highest BCUT2D eigenvalue weighted by atomic mass is 16.7. The van der Waals surface area contributed by atoms with Gasteiger partial charge in [0.2, 0.25) is 5.91 Å². The number of hydroxylamine groups is 2. The van der Waals surface area contributed by atoms with Gasteiger partial charge in [-0.25, -0.2) is 0 Å². The Kier molecular flexibility index (Phi) is 6.19. The predicted octanol–water partition coefficient (Wildman–Crippen LogP) is 2.42. The second-order valence-electron chi connectivity index (χ2n) is 9.25. The summed E-state index contributed by atoms with van der Waals surface area (Å²) in [4.78, 5) is 33.0. The number of carbonyl (C=O) groups is 2. The zero-order valence-corrected chi connectivity index (χ0v) is 18.8. The molecule has 2 aliphatic heterocycles. The summed E-state index contributed by atoms with van der Waals surface area (Å²) >= 11 is 0. The molecule has 33 heavy (non-hydrogen) atoms. The third-order valence-corrected chi connectivity index (χ3v) is 7.45. The summed E-state index contributed by atoms with van der Waals surface area (Å²) in [6.45, 7) is 3.45. The minimum atomic E-state index is -0.738. The van der Waals surface area contributed by atoms with Crippen LogP contribution in [0.15, 0.2) is 54.6 Å². The lowest BCUT2D eigenvalue weighted by molar-refractivity contribution is -0.140. The molecule has 3 aliphatic rings. The van der Waals surface area contributed by atoms with Crippen molar-refractivity contribution >= 4 is 11.8 Å². The van der Waals surface area contributed by atoms with Crippen LogP contribution in [-0.2, 0) is 15.0 Å². The maximum atomic E-state index is 12.9. The number of aliphatic hydroxyl groups is 1. The topological polar surface area (TPSA) is 82.1 Å². The van der Waals surface area contributed by atoms with Crippen LogP contribution >= 0.6 is 0 Å². The quantitative estimate of drug-likeness (QED) is 0.733. The number of amides is 2. The third kappa shape index (κ3) is 4.16. The molecular formula is C26H31N3O4. The summed E-state index contributed by atoms with van der Waals surface area (Å²) in [6.07, 6.45) is 2.07. The van der Waals surface area contributed by atoms with E-state index in [0.29, 0.717) is 44.5 Å². The molecule has 2 atom stereocenters. The first kappa shape index (κ1) is 22.1. The van der Waals surface area contributed by atoms with Gasteiger partial charge in [0.25, 0.3) is 5.91 Å². The van der Waals surface area contributed by atoms with Crippen LogP contribution in [0.1, 0.15) is 53.2 Å². The minimum Gasteiger partial charge on any atom is -0.390 e. The molecule has 0 saturated carbocycles. The maximum Gasteiger partial charge on any atom is 0.251 e. The van der Waals surface area contributed by atoms with E-state index in [2.05, 4.69) is 11.4 Å². The number of carbonyl (C=O) groups excluding carboxylic acids is 2. The zero-order chi connectivity index (χ0) is 22.8. The first-order valence-electron chi connectivity index (χ1n) is 11.9. The monoisotopic (exact) mass is 449 g/mol. The van der Waals surface area contributed by atoms with Gasteiger partial charge in [-0.2, -0.15) is 5.06 Å². The van der Waals surface area contributed by atoms with E-state index in [1.54, 1.807) is 12.1 Å². The maximum absolute atomic E-state index is 12.9. The molecule has 2 N–H and O–H groups in total. The Balaban J connectivity index is 1.28. The van der Waals surface area contributed by atoms with Crippen molar-refractivity contribution in [3.8, 4) is 0 Å². The fourth-order valence-corrected chi connectivity index (χ4v) is 5.62. The summed E-state index contributed by atoms with van der Waals surface area (Å²) in [5, 5.41) is 16.5. The van der Waals surface area contributed by atoms with Gasteiger partial charge in [0, 0.05) is 43.6 Å². The lowest BCUT2D eigenvalue weighted by Gasteiger charge is -2.43. The Morgan fingerprint density at radius 1 is 1.03 bits per heavy atom. The number of hydrogen-bond acceptors (Lipinski definition) is 5. The molecule has 2 heterocycles. The molecule has 174 valence electrons. The first-order valence-corrected chi connectivity index (χ1v) is 11.9. The van der Waals surface area contributed by atoms with E-state index in [0.717, 1.165) is 30.7 Å². The molecule has 0 aromatic heterocycles. The van der Waals surface area contributed by atoms with Crippen molar-refractivity contribution in [3.63, 3.8) is 0 Å². The van der Waals surface area contributed by atoms with Crippen LogP contribution in [0.25, 0.3) is 0 Å². The summed E-state index contributed by atoms with van der Waals surface area (Å²) in [6, 6.07) is 16.6. The Labute approximate surface area is 194 Å². The molecule has 2 aromatic carbocycles. The number of piperidine rings is 1. The largest absolute Gasteiger partial charge is 0.390 e. The van der Waals surface area contributed by atoms with Gasteiger partial charge in [0.1, 0.15) is 0 Å². The zero-order valence-electron chi connectivity index (χ0n) is 18.8. The average Bonchev–Trinajstić information content (AvgIpc) is 3.46. The molecule has 2 fully saturated rings. The van der Waals surface area contributed by atoms with Crippen molar-refractivity contribution in [3.05, 3.63) is 71.3 Å². The van der Waals surface area contributed by atoms with Crippen LogP contribution in [0.3, 0.4) is 0 Å². The lowest BCUT2D eigenvalue weighted by atomic mass is 9.72. The highest BCUT2D eigenvalue weighted by molar-refractivity contribution is 5.94. The van der Waals surface area contributed by atoms with E-state index < -0.39 is 17.6 Å². The number of nitrogens with one attached hydrogen (secondary N) is 1. The van der Waals surface area contributed by atoms with E-state index in [9.17, 15) is 14.7 Å². The summed E-state index contributed by atoms with van der Waals surface area (Å²) < 4.78 is 0. The van der Waals surface area contributed by atoms with Crippen LogP contribution < -0.4 is 5.32 Å². The van der Waals surface area contributed by atoms with Crippen LogP contribution in [-0.4, -0.2) is 65.8 Å². The molecule has 0 unspecified atom stereocenters. The van der Waals surface area contributed by atoms with Gasteiger partial charge < -0.3 is 15.3 Å². The molecule has 5 rings (SSSR count). The van der Waals surface area contributed by atoms with Crippen LogP contribution in [0.5, 0.6) is 0 Å². The summed E-state index contributed by atoms with van der Waals surface area (Å²) in [7, 11) is 0. The van der Waals surface area contributed by atoms with Crippen molar-refractivity contribution in [1.29, 1.82) is 0 Å². The van der Waals surface area contributed by atoms with Crippen molar-refractivity contribution in [2.45, 2.75) is 43.2 Å². The van der Waals surface area contributed by atoms with E-state index in [1.807, 2.05) is 46.4 Å². The number of aliphatic hydroxyl groups excluding tert-OH is 1. The Morgan fingerprint density at radius 3 is 2.48 bits per heavy atom. The number of likely N-dealkylation sites (tertiary alicyclic amines) is 1. The van der Waals surface area contributed by atoms with Gasteiger partial charge in [-0.1, -0.05) is 42.5 Å². The van der Waals surface area contributed by atoms with Crippen molar-refractivity contribution in [2.75, 3.05) is 32.8 Å². The minimum absolute atomic E-state index is 0.134. The van der Waals surface area contributed by atoms with Gasteiger partial charge in [0.05, 0.1) is 18.8 Å². The van der Waals surface area contributed by atoms with Crippen LogP contribution in [0.4, 0.5) is 0 Å². The van der Waals surface area contributed by atoms with E-state index in [4.69, 9.17) is 4.84 Å². The highest BCUT2D eigenvalue weighted by Gasteiger charge is 2.53. The SMILES string of the molecule is O=C(N[C@@H]1c2ccccc2C2(CCN(C(=O)CCN3CCCO3)CC2)[C@H]1O)c1ccccc1. The summed E-state index contributed by atoms with van der Waals surface area (Å²) in [5.74, 6) is -0.0571. The Bertz CT molecular complexity index is 998. The number of rotatable bonds is 5. The second kappa shape index (κ2) is 9.25. The van der Waals surface area contributed by atoms with Crippen LogP contribution in [0, 0.1) is 0 Å². The summed E-state index contributed by atoms with van der Waals surface area (Å²) in [5.41, 5.74) is 2.18. The molecular weight excluding hydrogens is 418 g/mol. The van der Waals surface area contributed by atoms with Crippen molar-refractivity contribution < 1.29 is 19.5 Å². The molecule has 7 heteroatoms. The molecule has 7 nitrogen and oxygen atoms in total. The van der Waals surface area contributed by atoms with Gasteiger partial charge in [-0.15, -0.1) is 0 Å². The number of hydrogen-bond donors (Lipinski definition) is 2. The fourth-order valence-electron chi connectivity index (χ4n) is 5.62. The second-order valence-corrected chi connectivity index (χ2v) is 9.25. The van der Waals surface area contributed by atoms with E-state index >= 15 is 0 Å². The van der Waals surface area contributed by atoms with E-state index in [1.165, 1.54) is 0 Å². The molecule has 0 radical (unpaired) electrons. The highest BCUT2D eigenvalue weighted by Crippen LogP contribution is 2.51. The van der Waals surface area contributed by atoms with Crippen molar-refractivity contribution in [1.82, 2.24) is 15.3 Å². The molecule has 1 aliphatic carbocycles. The van der Waals surface area contributed by atoms with Gasteiger partial charge in [-0.3, -0.25) is 14.4 Å². The molecule has 2 aromatic rings. The number of nitrogens with zero attached hydrogens (tertiary/aromatic N) is 2. The molecule has 2 amide bonds. The molecule has 2 saturated heterocycles. The molecule has 1 spiro atoms. The lowest BCUT2D eigenvalue weighted by Crippen LogP contribution is -2.51. The van der Waals surface area contributed by atoms with Crippen molar-refractivity contribution in [2.24, 2.45) is 0 Å². The average molecular weight is 450 g/mol. The van der Waals surface area contributed by atoms with Gasteiger partial charge in [0.15, 0.2) is 0 Å². The Morgan fingerprint density at radius 2 is 1.76 bits per heavy atom. The number of benzene rings is 2. The standard InChI is InChI=1S/C26H31N3O4/c30-22(11-15-29-14-6-18-33-29)28-16-12-26(13-17-28)21-10-5-4-9-20(21)23(24(26)31)27-25(32)19-7-2-1-3-8-19/h1-5,7-10,23-24,31H,6,11-18H2,(H,27,32)/t23-,24+/m1/s1. The smallest absolute Gasteiger partial charge is 0.251 e. The normalized spacial score (nSPS) is 24.1. The predicted molar refractivity (Wildman–Crippen MR) is 123 cm³/mol. The number of fused-ring (bicyclic) bond motifs is 2. The van der Waals surface area contributed by atoms with Gasteiger partial charge in [-0.05, 0) is 42.5 Å². The van der Waals surface area contributed by atoms with Gasteiger partial charge >= 0.3 is 0 Å². The van der Waals surface area contributed by atoms with E-state index in [-0.39, 0.29) is 11.8 Å².